The molecule has 1 atom stereocenters. The Hall–Kier alpha value is -2.50. The van der Waals surface area contributed by atoms with E-state index in [0.29, 0.717) is 13.0 Å². The molecular formula is C20H25N3O3. The second kappa shape index (κ2) is 7.81. The Morgan fingerprint density at radius 3 is 2.96 bits per heavy atom. The number of furan rings is 1. The summed E-state index contributed by atoms with van der Waals surface area (Å²) in [5.74, 6) is 1.96. The molecular weight excluding hydrogens is 330 g/mol. The van der Waals surface area contributed by atoms with Gasteiger partial charge in [0.2, 0.25) is 5.91 Å². The molecule has 4 heterocycles. The number of likely N-dealkylation sites (tertiary alicyclic amines) is 1. The van der Waals surface area contributed by atoms with Crippen LogP contribution in [0.25, 0.3) is 0 Å². The Balaban J connectivity index is 1.32. The van der Waals surface area contributed by atoms with Gasteiger partial charge in [-0.2, -0.15) is 0 Å². The molecule has 2 fully saturated rings. The zero-order valence-electron chi connectivity index (χ0n) is 15.0. The van der Waals surface area contributed by atoms with E-state index in [0.717, 1.165) is 49.6 Å². The third kappa shape index (κ3) is 3.84. The molecule has 2 aliphatic heterocycles. The highest BCUT2D eigenvalue weighted by molar-refractivity contribution is 5.76. The molecule has 2 aromatic rings. The number of carbonyl (C=O) groups is 1. The molecule has 0 aromatic carbocycles. The number of aromatic nitrogens is 1. The van der Waals surface area contributed by atoms with E-state index in [1.54, 1.807) is 12.5 Å². The molecule has 2 aliphatic rings. The van der Waals surface area contributed by atoms with Gasteiger partial charge in [-0.1, -0.05) is 0 Å². The van der Waals surface area contributed by atoms with Crippen LogP contribution in [-0.4, -0.2) is 48.1 Å². The Morgan fingerprint density at radius 1 is 1.27 bits per heavy atom. The average molecular weight is 355 g/mol. The lowest BCUT2D eigenvalue weighted by Crippen LogP contribution is -2.31. The van der Waals surface area contributed by atoms with Gasteiger partial charge >= 0.3 is 0 Å². The summed E-state index contributed by atoms with van der Waals surface area (Å²) in [7, 11) is 0. The van der Waals surface area contributed by atoms with Crippen LogP contribution in [-0.2, 0) is 11.2 Å². The molecule has 0 bridgehead atoms. The standard InChI is InChI=1S/C20H25N3O3/c24-19(6-5-16-8-13-25-15-16)23-12-7-17(14-23)26-18-4-3-9-21-20(18)22-10-1-2-11-22/h3-4,8-9,13,15,17H,1-2,5-7,10-12,14H2/t17-/m1/s1. The molecule has 0 radical (unpaired) electrons. The van der Waals surface area contributed by atoms with Crippen LogP contribution < -0.4 is 9.64 Å². The average Bonchev–Trinajstić information content (AvgIpc) is 3.42. The molecule has 6 nitrogen and oxygen atoms in total. The smallest absolute Gasteiger partial charge is 0.223 e. The van der Waals surface area contributed by atoms with E-state index in [-0.39, 0.29) is 12.0 Å². The third-order valence-electron chi connectivity index (χ3n) is 5.16. The summed E-state index contributed by atoms with van der Waals surface area (Å²) in [5, 5.41) is 0. The van der Waals surface area contributed by atoms with Crippen molar-refractivity contribution in [2.24, 2.45) is 0 Å². The summed E-state index contributed by atoms with van der Waals surface area (Å²) in [6, 6.07) is 5.81. The van der Waals surface area contributed by atoms with Gasteiger partial charge < -0.3 is 19.0 Å². The monoisotopic (exact) mass is 355 g/mol. The lowest BCUT2D eigenvalue weighted by Gasteiger charge is -2.22. The van der Waals surface area contributed by atoms with Crippen molar-refractivity contribution < 1.29 is 13.9 Å². The minimum absolute atomic E-state index is 0.0402. The van der Waals surface area contributed by atoms with Crippen LogP contribution in [0.3, 0.4) is 0 Å². The van der Waals surface area contributed by atoms with E-state index in [1.165, 1.54) is 12.8 Å². The first kappa shape index (κ1) is 16.9. The SMILES string of the molecule is O=C(CCc1ccoc1)N1CC[C@@H](Oc2cccnc2N2CCCC2)C1. The van der Waals surface area contributed by atoms with Crippen molar-refractivity contribution in [3.05, 3.63) is 42.5 Å². The van der Waals surface area contributed by atoms with Crippen LogP contribution in [0, 0.1) is 0 Å². The van der Waals surface area contributed by atoms with Crippen molar-refractivity contribution >= 4 is 11.7 Å². The Morgan fingerprint density at radius 2 is 2.15 bits per heavy atom. The van der Waals surface area contributed by atoms with Gasteiger partial charge in [0.05, 0.1) is 19.1 Å². The maximum Gasteiger partial charge on any atom is 0.223 e. The van der Waals surface area contributed by atoms with Gasteiger partial charge in [0.1, 0.15) is 6.10 Å². The quantitative estimate of drug-likeness (QED) is 0.797. The summed E-state index contributed by atoms with van der Waals surface area (Å²) in [6.07, 6.45) is 9.72. The lowest BCUT2D eigenvalue weighted by atomic mass is 10.2. The second-order valence-electron chi connectivity index (χ2n) is 7.02. The van der Waals surface area contributed by atoms with Gasteiger partial charge in [0, 0.05) is 38.7 Å². The van der Waals surface area contributed by atoms with Gasteiger partial charge in [-0.3, -0.25) is 4.79 Å². The molecule has 6 heteroatoms. The van der Waals surface area contributed by atoms with Crippen molar-refractivity contribution in [2.45, 2.75) is 38.2 Å². The number of nitrogens with zero attached hydrogens (tertiary/aromatic N) is 3. The second-order valence-corrected chi connectivity index (χ2v) is 7.02. The molecule has 1 amide bonds. The van der Waals surface area contributed by atoms with Gasteiger partial charge in [-0.25, -0.2) is 4.98 Å². The maximum absolute atomic E-state index is 12.4. The van der Waals surface area contributed by atoms with Crippen LogP contribution >= 0.6 is 0 Å². The number of carbonyl (C=O) groups excluding carboxylic acids is 1. The molecule has 138 valence electrons. The number of ether oxygens (including phenoxy) is 1. The van der Waals surface area contributed by atoms with Gasteiger partial charge in [0.15, 0.2) is 11.6 Å². The van der Waals surface area contributed by atoms with Crippen LogP contribution in [0.5, 0.6) is 5.75 Å². The van der Waals surface area contributed by atoms with Gasteiger partial charge in [0.25, 0.3) is 0 Å². The van der Waals surface area contributed by atoms with E-state index >= 15 is 0 Å². The molecule has 2 aromatic heterocycles. The zero-order valence-corrected chi connectivity index (χ0v) is 15.0. The number of hydrogen-bond acceptors (Lipinski definition) is 5. The highest BCUT2D eigenvalue weighted by Crippen LogP contribution is 2.30. The topological polar surface area (TPSA) is 58.8 Å². The highest BCUT2D eigenvalue weighted by atomic mass is 16.5. The number of anilines is 1. The van der Waals surface area contributed by atoms with Gasteiger partial charge in [-0.05, 0) is 43.0 Å². The van der Waals surface area contributed by atoms with Crippen molar-refractivity contribution in [2.75, 3.05) is 31.1 Å². The summed E-state index contributed by atoms with van der Waals surface area (Å²) >= 11 is 0. The van der Waals surface area contributed by atoms with Crippen molar-refractivity contribution in [1.29, 1.82) is 0 Å². The predicted molar refractivity (Wildman–Crippen MR) is 98.3 cm³/mol. The van der Waals surface area contributed by atoms with Crippen molar-refractivity contribution in [3.63, 3.8) is 0 Å². The van der Waals surface area contributed by atoms with Crippen molar-refractivity contribution in [1.82, 2.24) is 9.88 Å². The first-order valence-electron chi connectivity index (χ1n) is 9.45. The highest BCUT2D eigenvalue weighted by Gasteiger charge is 2.28. The molecule has 0 saturated carbocycles. The molecule has 2 saturated heterocycles. The molecule has 0 spiro atoms. The number of rotatable bonds is 6. The Labute approximate surface area is 153 Å². The summed E-state index contributed by atoms with van der Waals surface area (Å²) in [6.45, 7) is 3.49. The zero-order chi connectivity index (χ0) is 17.8. The van der Waals surface area contributed by atoms with Crippen LogP contribution in [0.1, 0.15) is 31.2 Å². The fourth-order valence-electron chi connectivity index (χ4n) is 3.72. The summed E-state index contributed by atoms with van der Waals surface area (Å²) < 4.78 is 11.3. The first-order valence-corrected chi connectivity index (χ1v) is 9.45. The molecule has 0 aliphatic carbocycles. The Kier molecular flexibility index (Phi) is 5.09. The minimum atomic E-state index is 0.0402. The predicted octanol–water partition coefficient (Wildman–Crippen LogP) is 2.89. The van der Waals surface area contributed by atoms with E-state index < -0.39 is 0 Å². The molecule has 0 N–H and O–H groups in total. The van der Waals surface area contributed by atoms with Crippen LogP contribution in [0.2, 0.25) is 0 Å². The van der Waals surface area contributed by atoms with E-state index in [1.807, 2.05) is 29.3 Å². The van der Waals surface area contributed by atoms with Crippen LogP contribution in [0.15, 0.2) is 41.3 Å². The number of aryl methyl sites for hydroxylation is 1. The summed E-state index contributed by atoms with van der Waals surface area (Å²) in [5.41, 5.74) is 1.07. The van der Waals surface area contributed by atoms with E-state index in [4.69, 9.17) is 9.15 Å². The van der Waals surface area contributed by atoms with E-state index in [9.17, 15) is 4.79 Å². The largest absolute Gasteiger partial charge is 0.485 e. The minimum Gasteiger partial charge on any atom is -0.485 e. The first-order chi connectivity index (χ1) is 12.8. The fraction of sp³-hybridized carbons (Fsp3) is 0.500. The summed E-state index contributed by atoms with van der Waals surface area (Å²) in [4.78, 5) is 21.2. The Bertz CT molecular complexity index is 726. The number of amides is 1. The van der Waals surface area contributed by atoms with Gasteiger partial charge in [-0.15, -0.1) is 0 Å². The third-order valence-corrected chi connectivity index (χ3v) is 5.16. The maximum atomic E-state index is 12.4. The molecule has 26 heavy (non-hydrogen) atoms. The van der Waals surface area contributed by atoms with Crippen LogP contribution in [0.4, 0.5) is 5.82 Å². The number of pyridine rings is 1. The van der Waals surface area contributed by atoms with Crippen molar-refractivity contribution in [3.8, 4) is 5.75 Å². The lowest BCUT2D eigenvalue weighted by molar-refractivity contribution is -0.130. The fourth-order valence-corrected chi connectivity index (χ4v) is 3.72. The molecule has 4 rings (SSSR count). The number of hydrogen-bond donors (Lipinski definition) is 0. The normalized spacial score (nSPS) is 19.9. The van der Waals surface area contributed by atoms with E-state index in [2.05, 4.69) is 9.88 Å². The molecule has 0 unspecified atom stereocenters.